The van der Waals surface area contributed by atoms with E-state index in [0.717, 1.165) is 5.56 Å². The highest BCUT2D eigenvalue weighted by molar-refractivity contribution is 5.87. The number of carbonyl (C=O) groups is 1. The number of rotatable bonds is 3. The molecule has 0 aromatic heterocycles. The molecule has 0 atom stereocenters. The van der Waals surface area contributed by atoms with Crippen LogP contribution in [0.1, 0.15) is 26.3 Å². The molecule has 0 saturated carbocycles. The van der Waals surface area contributed by atoms with Gasteiger partial charge in [-0.25, -0.2) is 4.79 Å². The number of benzene rings is 1. The number of amides is 1. The summed E-state index contributed by atoms with van der Waals surface area (Å²) in [5.41, 5.74) is -0.166. The van der Waals surface area contributed by atoms with Crippen molar-refractivity contribution in [2.45, 2.75) is 32.0 Å². The van der Waals surface area contributed by atoms with E-state index in [1.165, 1.54) is 7.11 Å². The van der Waals surface area contributed by atoms with Gasteiger partial charge in [0.05, 0.1) is 12.8 Å². The normalized spacial score (nSPS) is 16.8. The zero-order valence-electron chi connectivity index (χ0n) is 12.8. The van der Waals surface area contributed by atoms with Gasteiger partial charge in [0.15, 0.2) is 0 Å². The van der Waals surface area contributed by atoms with Gasteiger partial charge in [0, 0.05) is 13.1 Å². The van der Waals surface area contributed by atoms with Crippen LogP contribution < -0.4 is 15.4 Å². The van der Waals surface area contributed by atoms with Crippen LogP contribution in [0.15, 0.2) is 18.2 Å². The van der Waals surface area contributed by atoms with Crippen LogP contribution in [0.2, 0.25) is 0 Å². The molecule has 0 bridgehead atoms. The first-order valence-electron chi connectivity index (χ1n) is 6.85. The molecule has 1 aromatic carbocycles. The maximum atomic E-state index is 11.8. The largest absolute Gasteiger partial charge is 0.495 e. The lowest BCUT2D eigenvalue weighted by molar-refractivity contribution is -0.0147. The summed E-state index contributed by atoms with van der Waals surface area (Å²) in [5, 5.41) is 16.0. The van der Waals surface area contributed by atoms with Gasteiger partial charge in [-0.2, -0.15) is 0 Å². The van der Waals surface area contributed by atoms with E-state index in [2.05, 4.69) is 10.6 Å². The first kappa shape index (κ1) is 15.6. The van der Waals surface area contributed by atoms with Gasteiger partial charge in [0.1, 0.15) is 17.0 Å². The summed E-state index contributed by atoms with van der Waals surface area (Å²) in [4.78, 5) is 11.8. The molecule has 2 rings (SSSR count). The fourth-order valence-corrected chi connectivity index (χ4v) is 2.06. The predicted octanol–water partition coefficient (Wildman–Crippen LogP) is 1.83. The van der Waals surface area contributed by atoms with Crippen molar-refractivity contribution >= 4 is 11.8 Å². The number of hydrogen-bond donors (Lipinski definition) is 3. The fourth-order valence-electron chi connectivity index (χ4n) is 2.06. The van der Waals surface area contributed by atoms with Gasteiger partial charge < -0.3 is 19.9 Å². The van der Waals surface area contributed by atoms with Gasteiger partial charge in [0.25, 0.3) is 0 Å². The first-order valence-corrected chi connectivity index (χ1v) is 6.85. The average Bonchev–Trinajstić information content (AvgIpc) is 2.34. The highest BCUT2D eigenvalue weighted by Gasteiger charge is 2.36. The number of methoxy groups -OCH3 is 1. The van der Waals surface area contributed by atoms with Crippen molar-refractivity contribution in [1.82, 2.24) is 5.32 Å². The number of hydrogen-bond acceptors (Lipinski definition) is 5. The molecule has 1 aliphatic rings. The summed E-state index contributed by atoms with van der Waals surface area (Å²) >= 11 is 0. The molecule has 1 amide bonds. The summed E-state index contributed by atoms with van der Waals surface area (Å²) in [5.74, 6) is 0.485. The Hall–Kier alpha value is -1.79. The number of β-amino-alcohol motifs (C(OH)–C–C–N with tert-alkyl or cyclic N) is 1. The van der Waals surface area contributed by atoms with Crippen LogP contribution in [0.3, 0.4) is 0 Å². The number of anilines is 1. The van der Waals surface area contributed by atoms with Crippen LogP contribution in [0.5, 0.6) is 5.75 Å². The molecule has 0 aliphatic carbocycles. The molecule has 116 valence electrons. The molecule has 6 heteroatoms. The zero-order valence-corrected chi connectivity index (χ0v) is 12.8. The van der Waals surface area contributed by atoms with Gasteiger partial charge in [-0.05, 0) is 38.5 Å². The van der Waals surface area contributed by atoms with Crippen LogP contribution in [-0.2, 0) is 10.3 Å². The lowest BCUT2D eigenvalue weighted by Crippen LogP contribution is -2.56. The van der Waals surface area contributed by atoms with Crippen LogP contribution in [0.25, 0.3) is 0 Å². The van der Waals surface area contributed by atoms with E-state index < -0.39 is 17.3 Å². The van der Waals surface area contributed by atoms with E-state index >= 15 is 0 Å². The summed E-state index contributed by atoms with van der Waals surface area (Å²) < 4.78 is 10.5. The van der Waals surface area contributed by atoms with Crippen LogP contribution in [0, 0.1) is 0 Å². The molecule has 21 heavy (non-hydrogen) atoms. The Labute approximate surface area is 124 Å². The summed E-state index contributed by atoms with van der Waals surface area (Å²) in [6.07, 6.45) is -0.544. The van der Waals surface area contributed by atoms with Crippen molar-refractivity contribution in [3.63, 3.8) is 0 Å². The van der Waals surface area contributed by atoms with Crippen molar-refractivity contribution in [2.24, 2.45) is 0 Å². The second kappa shape index (κ2) is 5.54. The van der Waals surface area contributed by atoms with Gasteiger partial charge in [-0.1, -0.05) is 6.07 Å². The lowest BCUT2D eigenvalue weighted by Gasteiger charge is -2.38. The number of carbonyl (C=O) groups excluding carboxylic acids is 1. The zero-order chi connectivity index (χ0) is 15.7. The molecule has 1 aromatic rings. The molecular formula is C15H22N2O4. The maximum Gasteiger partial charge on any atom is 0.412 e. The van der Waals surface area contributed by atoms with E-state index in [-0.39, 0.29) is 0 Å². The molecular weight excluding hydrogens is 272 g/mol. The van der Waals surface area contributed by atoms with Crippen LogP contribution >= 0.6 is 0 Å². The predicted molar refractivity (Wildman–Crippen MR) is 79.6 cm³/mol. The topological polar surface area (TPSA) is 79.8 Å². The summed E-state index contributed by atoms with van der Waals surface area (Å²) in [6.45, 7) is 6.41. The Morgan fingerprint density at radius 2 is 2.05 bits per heavy atom. The fraction of sp³-hybridized carbons (Fsp3) is 0.533. The minimum absolute atomic E-state index is 0.485. The van der Waals surface area contributed by atoms with Crippen molar-refractivity contribution in [3.8, 4) is 5.75 Å². The first-order chi connectivity index (χ1) is 9.73. The molecule has 6 nitrogen and oxygen atoms in total. The highest BCUT2D eigenvalue weighted by atomic mass is 16.6. The number of ether oxygens (including phenoxy) is 2. The van der Waals surface area contributed by atoms with E-state index in [1.807, 2.05) is 0 Å². The third-order valence-corrected chi connectivity index (χ3v) is 3.21. The smallest absolute Gasteiger partial charge is 0.412 e. The number of nitrogens with one attached hydrogen (secondary N) is 2. The Morgan fingerprint density at radius 3 is 2.52 bits per heavy atom. The van der Waals surface area contributed by atoms with Crippen molar-refractivity contribution < 1.29 is 19.4 Å². The minimum atomic E-state index is -0.863. The molecule has 0 unspecified atom stereocenters. The third-order valence-electron chi connectivity index (χ3n) is 3.21. The molecule has 1 aliphatic heterocycles. The van der Waals surface area contributed by atoms with Gasteiger partial charge in [-0.15, -0.1) is 0 Å². The Balaban J connectivity index is 2.15. The number of aliphatic hydroxyl groups is 1. The van der Waals surface area contributed by atoms with E-state index in [0.29, 0.717) is 24.5 Å². The molecule has 0 radical (unpaired) electrons. The lowest BCUT2D eigenvalue weighted by atomic mass is 9.88. The minimum Gasteiger partial charge on any atom is -0.495 e. The SMILES string of the molecule is COc1cc(C2(O)CNC2)ccc1NC(=O)OC(C)(C)C. The molecule has 0 spiro atoms. The second-order valence-electron chi connectivity index (χ2n) is 6.18. The Morgan fingerprint density at radius 1 is 1.38 bits per heavy atom. The average molecular weight is 294 g/mol. The van der Waals surface area contributed by atoms with Gasteiger partial charge in [-0.3, -0.25) is 5.32 Å². The van der Waals surface area contributed by atoms with Gasteiger partial charge in [0.2, 0.25) is 0 Å². The quantitative estimate of drug-likeness (QED) is 0.792. The Bertz CT molecular complexity index is 533. The Kier molecular flexibility index (Phi) is 4.11. The van der Waals surface area contributed by atoms with Crippen molar-refractivity contribution in [2.75, 3.05) is 25.5 Å². The van der Waals surface area contributed by atoms with Crippen molar-refractivity contribution in [3.05, 3.63) is 23.8 Å². The maximum absolute atomic E-state index is 11.8. The molecule has 3 N–H and O–H groups in total. The highest BCUT2D eigenvalue weighted by Crippen LogP contribution is 2.33. The standard InChI is InChI=1S/C15H22N2O4/c1-14(2,3)21-13(18)17-11-6-5-10(7-12(11)20-4)15(19)8-16-9-15/h5-7,16,19H,8-9H2,1-4H3,(H,17,18). The van der Waals surface area contributed by atoms with Crippen molar-refractivity contribution in [1.29, 1.82) is 0 Å². The molecule has 1 heterocycles. The third kappa shape index (κ3) is 3.65. The monoisotopic (exact) mass is 294 g/mol. The second-order valence-corrected chi connectivity index (χ2v) is 6.18. The van der Waals surface area contributed by atoms with E-state index in [1.54, 1.807) is 39.0 Å². The molecule has 1 saturated heterocycles. The summed E-state index contributed by atoms with van der Waals surface area (Å²) in [7, 11) is 1.52. The van der Waals surface area contributed by atoms with E-state index in [9.17, 15) is 9.90 Å². The summed E-state index contributed by atoms with van der Waals surface area (Å²) in [6, 6.07) is 5.21. The molecule has 1 fully saturated rings. The van der Waals surface area contributed by atoms with E-state index in [4.69, 9.17) is 9.47 Å². The van der Waals surface area contributed by atoms with Crippen LogP contribution in [0.4, 0.5) is 10.5 Å². The van der Waals surface area contributed by atoms with Crippen LogP contribution in [-0.4, -0.2) is 37.0 Å². The van der Waals surface area contributed by atoms with Gasteiger partial charge >= 0.3 is 6.09 Å².